The highest BCUT2D eigenvalue weighted by atomic mass is 19.1. The maximum Gasteiger partial charge on any atom is 0.185 e. The van der Waals surface area contributed by atoms with Crippen molar-refractivity contribution in [2.45, 2.75) is 26.3 Å². The normalized spacial score (nSPS) is 10.3. The first-order valence-corrected chi connectivity index (χ1v) is 5.81. The molecule has 0 spiro atoms. The largest absolute Gasteiger partial charge is 0.244 e. The summed E-state index contributed by atoms with van der Waals surface area (Å²) in [7, 11) is 0. The first kappa shape index (κ1) is 12.2. The minimum Gasteiger partial charge on any atom is -0.244 e. The van der Waals surface area contributed by atoms with E-state index in [1.54, 1.807) is 10.7 Å². The molecule has 0 atom stereocenters. The van der Waals surface area contributed by atoms with E-state index < -0.39 is 0 Å². The molecule has 0 saturated heterocycles. The van der Waals surface area contributed by atoms with Crippen LogP contribution < -0.4 is 0 Å². The summed E-state index contributed by atoms with van der Waals surface area (Å²) in [5.74, 6) is -0.273. The Labute approximate surface area is 105 Å². The molecule has 4 nitrogen and oxygen atoms in total. The van der Waals surface area contributed by atoms with Crippen LogP contribution in [-0.4, -0.2) is 15.0 Å². The van der Waals surface area contributed by atoms with E-state index >= 15 is 0 Å². The Morgan fingerprint density at radius 3 is 2.94 bits per heavy atom. The molecular formula is C13H13FN4. The first-order chi connectivity index (χ1) is 8.74. The van der Waals surface area contributed by atoms with Gasteiger partial charge in [0.2, 0.25) is 0 Å². The third kappa shape index (κ3) is 2.54. The molecule has 1 heterocycles. The number of aromatic nitrogens is 3. The van der Waals surface area contributed by atoms with Crippen LogP contribution in [0, 0.1) is 17.1 Å². The second kappa shape index (κ2) is 5.41. The van der Waals surface area contributed by atoms with Crippen LogP contribution in [0.25, 0.3) is 0 Å². The standard InChI is InChI=1S/C13H13FN4/c1-2-4-13-12(8-15)16-17-18(13)9-10-5-3-6-11(14)7-10/h3,5-7H,2,4,9H2,1H3. The fourth-order valence-electron chi connectivity index (χ4n) is 1.84. The molecule has 0 aliphatic carbocycles. The molecule has 18 heavy (non-hydrogen) atoms. The van der Waals surface area contributed by atoms with Crippen molar-refractivity contribution in [1.29, 1.82) is 5.26 Å². The zero-order valence-electron chi connectivity index (χ0n) is 10.1. The van der Waals surface area contributed by atoms with Gasteiger partial charge >= 0.3 is 0 Å². The molecule has 0 bridgehead atoms. The predicted molar refractivity (Wildman–Crippen MR) is 64.2 cm³/mol. The van der Waals surface area contributed by atoms with E-state index in [1.807, 2.05) is 19.1 Å². The summed E-state index contributed by atoms with van der Waals surface area (Å²) in [6, 6.07) is 8.38. The van der Waals surface area contributed by atoms with Crippen LogP contribution in [0.15, 0.2) is 24.3 Å². The number of rotatable bonds is 4. The van der Waals surface area contributed by atoms with E-state index in [0.717, 1.165) is 24.1 Å². The van der Waals surface area contributed by atoms with E-state index in [2.05, 4.69) is 10.3 Å². The Morgan fingerprint density at radius 2 is 2.28 bits per heavy atom. The van der Waals surface area contributed by atoms with Crippen molar-refractivity contribution in [3.8, 4) is 6.07 Å². The first-order valence-electron chi connectivity index (χ1n) is 5.81. The number of nitriles is 1. The highest BCUT2D eigenvalue weighted by Crippen LogP contribution is 2.11. The van der Waals surface area contributed by atoms with Crippen molar-refractivity contribution in [3.05, 3.63) is 47.0 Å². The van der Waals surface area contributed by atoms with Gasteiger partial charge in [-0.3, -0.25) is 0 Å². The van der Waals surface area contributed by atoms with Crippen LogP contribution in [0.4, 0.5) is 4.39 Å². The lowest BCUT2D eigenvalue weighted by Crippen LogP contribution is -2.07. The average molecular weight is 244 g/mol. The lowest BCUT2D eigenvalue weighted by Gasteiger charge is -2.05. The summed E-state index contributed by atoms with van der Waals surface area (Å²) in [6.07, 6.45) is 1.65. The second-order valence-electron chi connectivity index (χ2n) is 4.03. The zero-order chi connectivity index (χ0) is 13.0. The zero-order valence-corrected chi connectivity index (χ0v) is 10.1. The number of halogens is 1. The van der Waals surface area contributed by atoms with E-state index in [4.69, 9.17) is 5.26 Å². The molecule has 5 heteroatoms. The summed E-state index contributed by atoms with van der Waals surface area (Å²) < 4.78 is 14.8. The molecule has 0 fully saturated rings. The molecule has 92 valence electrons. The summed E-state index contributed by atoms with van der Waals surface area (Å²) in [6.45, 7) is 2.46. The van der Waals surface area contributed by atoms with Crippen molar-refractivity contribution >= 4 is 0 Å². The van der Waals surface area contributed by atoms with Gasteiger partial charge in [-0.05, 0) is 24.1 Å². The highest BCUT2D eigenvalue weighted by Gasteiger charge is 2.11. The molecular weight excluding hydrogens is 231 g/mol. The molecule has 1 aromatic carbocycles. The van der Waals surface area contributed by atoms with Crippen LogP contribution in [0.2, 0.25) is 0 Å². The molecule has 0 N–H and O–H groups in total. The van der Waals surface area contributed by atoms with Gasteiger partial charge in [0.15, 0.2) is 5.69 Å². The maximum atomic E-state index is 13.1. The van der Waals surface area contributed by atoms with E-state index in [9.17, 15) is 4.39 Å². The van der Waals surface area contributed by atoms with Crippen molar-refractivity contribution in [2.75, 3.05) is 0 Å². The summed E-state index contributed by atoms with van der Waals surface area (Å²) in [5.41, 5.74) is 1.97. The minimum absolute atomic E-state index is 0.273. The number of benzene rings is 1. The topological polar surface area (TPSA) is 54.5 Å². The van der Waals surface area contributed by atoms with Crippen LogP contribution in [0.1, 0.15) is 30.3 Å². The van der Waals surface area contributed by atoms with Crippen molar-refractivity contribution < 1.29 is 4.39 Å². The fourth-order valence-corrected chi connectivity index (χ4v) is 1.84. The molecule has 0 unspecified atom stereocenters. The molecule has 0 aliphatic heterocycles. The molecule has 2 aromatic rings. The van der Waals surface area contributed by atoms with Gasteiger partial charge in [-0.2, -0.15) is 5.26 Å². The molecule has 0 aliphatic rings. The summed E-state index contributed by atoms with van der Waals surface area (Å²) in [5, 5.41) is 16.7. The second-order valence-corrected chi connectivity index (χ2v) is 4.03. The highest BCUT2D eigenvalue weighted by molar-refractivity contribution is 5.26. The van der Waals surface area contributed by atoms with E-state index in [0.29, 0.717) is 12.2 Å². The van der Waals surface area contributed by atoms with Gasteiger partial charge in [0.05, 0.1) is 12.2 Å². The van der Waals surface area contributed by atoms with Crippen LogP contribution in [0.3, 0.4) is 0 Å². The summed E-state index contributed by atoms with van der Waals surface area (Å²) >= 11 is 0. The molecule has 0 amide bonds. The maximum absolute atomic E-state index is 13.1. The average Bonchev–Trinajstić information content (AvgIpc) is 2.72. The Bertz CT molecular complexity index is 583. The SMILES string of the molecule is CCCc1c(C#N)nnn1Cc1cccc(F)c1. The van der Waals surface area contributed by atoms with Gasteiger partial charge in [0, 0.05) is 0 Å². The predicted octanol–water partition coefficient (Wildman–Crippen LogP) is 2.29. The van der Waals surface area contributed by atoms with Crippen LogP contribution >= 0.6 is 0 Å². The Kier molecular flexibility index (Phi) is 3.68. The summed E-state index contributed by atoms with van der Waals surface area (Å²) in [4.78, 5) is 0. The molecule has 0 saturated carbocycles. The van der Waals surface area contributed by atoms with Gasteiger partial charge < -0.3 is 0 Å². The van der Waals surface area contributed by atoms with Crippen molar-refractivity contribution in [1.82, 2.24) is 15.0 Å². The van der Waals surface area contributed by atoms with Gasteiger partial charge in [0.1, 0.15) is 11.9 Å². The van der Waals surface area contributed by atoms with Crippen molar-refractivity contribution in [3.63, 3.8) is 0 Å². The van der Waals surface area contributed by atoms with Gasteiger partial charge in [-0.15, -0.1) is 5.10 Å². The fraction of sp³-hybridized carbons (Fsp3) is 0.308. The Balaban J connectivity index is 2.29. The Morgan fingerprint density at radius 1 is 1.44 bits per heavy atom. The number of nitrogens with zero attached hydrogens (tertiary/aromatic N) is 4. The molecule has 2 rings (SSSR count). The molecule has 1 aromatic heterocycles. The van der Waals surface area contributed by atoms with Gasteiger partial charge in [0.25, 0.3) is 0 Å². The quantitative estimate of drug-likeness (QED) is 0.829. The number of hydrogen-bond donors (Lipinski definition) is 0. The number of hydrogen-bond acceptors (Lipinski definition) is 3. The van der Waals surface area contributed by atoms with E-state index in [1.165, 1.54) is 12.1 Å². The minimum atomic E-state index is -0.273. The van der Waals surface area contributed by atoms with Gasteiger partial charge in [-0.1, -0.05) is 30.7 Å². The lowest BCUT2D eigenvalue weighted by atomic mass is 10.2. The monoisotopic (exact) mass is 244 g/mol. The molecule has 0 radical (unpaired) electrons. The lowest BCUT2D eigenvalue weighted by molar-refractivity contribution is 0.599. The van der Waals surface area contributed by atoms with E-state index in [-0.39, 0.29) is 5.82 Å². The van der Waals surface area contributed by atoms with Gasteiger partial charge in [-0.25, -0.2) is 9.07 Å². The van der Waals surface area contributed by atoms with Crippen LogP contribution in [-0.2, 0) is 13.0 Å². The van der Waals surface area contributed by atoms with Crippen LogP contribution in [0.5, 0.6) is 0 Å². The third-order valence-corrected chi connectivity index (χ3v) is 2.65. The van der Waals surface area contributed by atoms with Crippen molar-refractivity contribution in [2.24, 2.45) is 0 Å². The Hall–Kier alpha value is -2.22. The smallest absolute Gasteiger partial charge is 0.185 e. The third-order valence-electron chi connectivity index (χ3n) is 2.65.